The average molecular weight is 434 g/mol. The number of methoxy groups -OCH3 is 3. The van der Waals surface area contributed by atoms with E-state index in [0.29, 0.717) is 46.6 Å². The van der Waals surface area contributed by atoms with Gasteiger partial charge in [-0.2, -0.15) is 0 Å². The summed E-state index contributed by atoms with van der Waals surface area (Å²) in [4.78, 5) is 40.0. The van der Waals surface area contributed by atoms with Crippen LogP contribution < -0.4 is 30.2 Å². The molecule has 0 radical (unpaired) electrons. The van der Waals surface area contributed by atoms with Crippen LogP contribution in [0.5, 0.6) is 17.2 Å². The van der Waals surface area contributed by atoms with Gasteiger partial charge >= 0.3 is 0 Å². The lowest BCUT2D eigenvalue weighted by Gasteiger charge is -2.14. The fourth-order valence-corrected chi connectivity index (χ4v) is 3.68. The summed E-state index contributed by atoms with van der Waals surface area (Å²) in [5.41, 5.74) is 0.992. The largest absolute Gasteiger partial charge is 0.493 e. The summed E-state index contributed by atoms with van der Waals surface area (Å²) in [5.74, 6) is 0.517. The van der Waals surface area contributed by atoms with Gasteiger partial charge in [-0.25, -0.2) is 4.98 Å². The molecule has 160 valence electrons. The van der Waals surface area contributed by atoms with Crippen molar-refractivity contribution in [2.75, 3.05) is 32.0 Å². The van der Waals surface area contributed by atoms with E-state index in [-0.39, 0.29) is 24.1 Å². The van der Waals surface area contributed by atoms with E-state index in [2.05, 4.69) is 20.9 Å². The number of ether oxygens (including phenoxy) is 3. The summed E-state index contributed by atoms with van der Waals surface area (Å²) < 4.78 is 15.8. The Bertz CT molecular complexity index is 935. The second kappa shape index (κ2) is 9.44. The van der Waals surface area contributed by atoms with Crippen molar-refractivity contribution in [3.05, 3.63) is 23.2 Å². The molecule has 11 heteroatoms. The molecule has 1 aromatic heterocycles. The van der Waals surface area contributed by atoms with Crippen LogP contribution in [0.25, 0.3) is 0 Å². The topological polar surface area (TPSA) is 128 Å². The molecule has 0 bridgehead atoms. The van der Waals surface area contributed by atoms with Crippen LogP contribution in [0.4, 0.5) is 10.8 Å². The highest BCUT2D eigenvalue weighted by Crippen LogP contribution is 2.39. The van der Waals surface area contributed by atoms with E-state index in [1.807, 2.05) is 0 Å². The zero-order valence-corrected chi connectivity index (χ0v) is 17.6. The quantitative estimate of drug-likeness (QED) is 0.575. The normalized spacial score (nSPS) is 15.3. The number of nitrogens with one attached hydrogen (secondary N) is 3. The number of anilines is 2. The molecule has 0 saturated carbocycles. The van der Waals surface area contributed by atoms with Gasteiger partial charge in [-0.3, -0.25) is 14.4 Å². The molecule has 1 saturated heterocycles. The maximum Gasteiger partial charge on any atom is 0.248 e. The number of benzene rings is 1. The molecule has 3 N–H and O–H groups in total. The smallest absolute Gasteiger partial charge is 0.248 e. The first-order chi connectivity index (χ1) is 14.4. The standard InChI is InChI=1S/C19H22N4O6S/c1-27-13-6-10(7-14(28-2)17(13)29-3)20-16(25)8-11-9-30-19(21-11)23-18(26)12-4-5-15(24)22-12/h6-7,9,12H,4-5,8H2,1-3H3,(H,20,25)(H,22,24)(H,21,23,26)/t12-/m1/s1. The maximum atomic E-state index is 12.4. The van der Waals surface area contributed by atoms with Gasteiger partial charge in [0.05, 0.1) is 33.4 Å². The molecule has 3 rings (SSSR count). The van der Waals surface area contributed by atoms with Crippen LogP contribution in [0.2, 0.25) is 0 Å². The Labute approximate surface area is 176 Å². The lowest BCUT2D eigenvalue weighted by Crippen LogP contribution is -2.37. The third-order valence-corrected chi connectivity index (χ3v) is 5.19. The molecule has 10 nitrogen and oxygen atoms in total. The van der Waals surface area contributed by atoms with Crippen LogP contribution >= 0.6 is 11.3 Å². The van der Waals surface area contributed by atoms with Gasteiger partial charge in [0.1, 0.15) is 6.04 Å². The molecule has 2 heterocycles. The van der Waals surface area contributed by atoms with Crippen LogP contribution in [0.15, 0.2) is 17.5 Å². The van der Waals surface area contributed by atoms with E-state index in [4.69, 9.17) is 14.2 Å². The summed E-state index contributed by atoms with van der Waals surface area (Å²) in [6.07, 6.45) is 0.811. The zero-order chi connectivity index (χ0) is 21.7. The Kier molecular flexibility index (Phi) is 6.72. The van der Waals surface area contributed by atoms with E-state index in [9.17, 15) is 14.4 Å². The van der Waals surface area contributed by atoms with Crippen molar-refractivity contribution < 1.29 is 28.6 Å². The van der Waals surface area contributed by atoms with Crippen molar-refractivity contribution in [1.82, 2.24) is 10.3 Å². The molecule has 0 spiro atoms. The number of nitrogens with zero attached hydrogens (tertiary/aromatic N) is 1. The van der Waals surface area contributed by atoms with Crippen molar-refractivity contribution >= 4 is 39.9 Å². The van der Waals surface area contributed by atoms with Crippen molar-refractivity contribution in [2.24, 2.45) is 0 Å². The van der Waals surface area contributed by atoms with Crippen LogP contribution in [0, 0.1) is 0 Å². The minimum Gasteiger partial charge on any atom is -0.493 e. The molecule has 0 unspecified atom stereocenters. The van der Waals surface area contributed by atoms with E-state index in [1.165, 1.54) is 32.7 Å². The fraction of sp³-hybridized carbons (Fsp3) is 0.368. The number of rotatable bonds is 8. The predicted molar refractivity (Wildman–Crippen MR) is 110 cm³/mol. The van der Waals surface area contributed by atoms with Crippen molar-refractivity contribution in [1.29, 1.82) is 0 Å². The second-order valence-electron chi connectivity index (χ2n) is 6.43. The Morgan fingerprint density at radius 3 is 2.43 bits per heavy atom. The Balaban J connectivity index is 1.60. The number of carbonyl (C=O) groups is 3. The minimum atomic E-state index is -0.548. The lowest BCUT2D eigenvalue weighted by atomic mass is 10.2. The van der Waals surface area contributed by atoms with Gasteiger partial charge in [0, 0.05) is 29.6 Å². The highest BCUT2D eigenvalue weighted by atomic mass is 32.1. The first kappa shape index (κ1) is 21.4. The average Bonchev–Trinajstić information content (AvgIpc) is 3.35. The number of hydrogen-bond acceptors (Lipinski definition) is 8. The second-order valence-corrected chi connectivity index (χ2v) is 7.29. The predicted octanol–water partition coefficient (Wildman–Crippen LogP) is 1.57. The number of thiazole rings is 1. The molecule has 0 aliphatic carbocycles. The molecule has 1 aliphatic heterocycles. The summed E-state index contributed by atoms with van der Waals surface area (Å²) in [6, 6.07) is 2.71. The molecule has 1 fully saturated rings. The maximum absolute atomic E-state index is 12.4. The minimum absolute atomic E-state index is 0.0171. The molecule has 1 aromatic carbocycles. The lowest BCUT2D eigenvalue weighted by molar-refractivity contribution is -0.122. The molecule has 1 atom stereocenters. The Morgan fingerprint density at radius 1 is 1.17 bits per heavy atom. The van der Waals surface area contributed by atoms with Crippen molar-refractivity contribution in [2.45, 2.75) is 25.3 Å². The monoisotopic (exact) mass is 434 g/mol. The summed E-state index contributed by atoms with van der Waals surface area (Å²) >= 11 is 1.21. The van der Waals surface area contributed by atoms with Crippen LogP contribution in [0.3, 0.4) is 0 Å². The first-order valence-corrected chi connectivity index (χ1v) is 9.96. The van der Waals surface area contributed by atoms with Gasteiger partial charge in [-0.15, -0.1) is 11.3 Å². The summed E-state index contributed by atoms with van der Waals surface area (Å²) in [5, 5.41) is 10.1. The van der Waals surface area contributed by atoms with Gasteiger partial charge in [-0.1, -0.05) is 0 Å². The number of hydrogen-bond donors (Lipinski definition) is 3. The number of amides is 3. The van der Waals surface area contributed by atoms with Gasteiger partial charge < -0.3 is 30.2 Å². The third kappa shape index (κ3) is 4.98. The molecule has 30 heavy (non-hydrogen) atoms. The van der Waals surface area contributed by atoms with Gasteiger partial charge in [0.2, 0.25) is 23.5 Å². The SMILES string of the molecule is COc1cc(NC(=O)Cc2csc(NC(=O)[C@H]3CCC(=O)N3)n2)cc(OC)c1OC. The highest BCUT2D eigenvalue weighted by molar-refractivity contribution is 7.13. The molecular weight excluding hydrogens is 412 g/mol. The van der Waals surface area contributed by atoms with E-state index in [0.717, 1.165) is 0 Å². The Hall–Kier alpha value is -3.34. The highest BCUT2D eigenvalue weighted by Gasteiger charge is 2.27. The van der Waals surface area contributed by atoms with Gasteiger partial charge in [0.25, 0.3) is 0 Å². The third-order valence-electron chi connectivity index (χ3n) is 4.38. The van der Waals surface area contributed by atoms with Gasteiger partial charge in [0.15, 0.2) is 16.6 Å². The van der Waals surface area contributed by atoms with Crippen LogP contribution in [-0.4, -0.2) is 50.1 Å². The molecular formula is C19H22N4O6S. The molecule has 3 amide bonds. The zero-order valence-electron chi connectivity index (χ0n) is 16.7. The van der Waals surface area contributed by atoms with Gasteiger partial charge in [-0.05, 0) is 6.42 Å². The van der Waals surface area contributed by atoms with Crippen molar-refractivity contribution in [3.8, 4) is 17.2 Å². The summed E-state index contributed by atoms with van der Waals surface area (Å²) in [7, 11) is 4.48. The fourth-order valence-electron chi connectivity index (χ4n) is 2.97. The molecule has 2 aromatic rings. The number of carbonyl (C=O) groups excluding carboxylic acids is 3. The Morgan fingerprint density at radius 2 is 1.87 bits per heavy atom. The van der Waals surface area contributed by atoms with Crippen molar-refractivity contribution in [3.63, 3.8) is 0 Å². The van der Waals surface area contributed by atoms with Crippen LogP contribution in [-0.2, 0) is 20.8 Å². The van der Waals surface area contributed by atoms with E-state index >= 15 is 0 Å². The van der Waals surface area contributed by atoms with E-state index in [1.54, 1.807) is 17.5 Å². The first-order valence-electron chi connectivity index (χ1n) is 9.08. The number of aromatic nitrogens is 1. The van der Waals surface area contributed by atoms with Crippen LogP contribution in [0.1, 0.15) is 18.5 Å². The summed E-state index contributed by atoms with van der Waals surface area (Å²) in [6.45, 7) is 0. The molecule has 1 aliphatic rings. The van der Waals surface area contributed by atoms with E-state index < -0.39 is 6.04 Å².